The van der Waals surface area contributed by atoms with Crippen molar-refractivity contribution in [2.75, 3.05) is 13.2 Å². The SMILES string of the molecule is CC(=O)OCC1COC(Br)C(OC(C)=O)C(OC(C)=O)C1OC(C)=O. The van der Waals surface area contributed by atoms with Crippen LogP contribution in [0.15, 0.2) is 0 Å². The molecule has 0 radical (unpaired) electrons. The van der Waals surface area contributed by atoms with Gasteiger partial charge in [-0.05, 0) is 0 Å². The molecule has 0 bridgehead atoms. The van der Waals surface area contributed by atoms with E-state index < -0.39 is 53.1 Å². The van der Waals surface area contributed by atoms with Crippen molar-refractivity contribution in [1.29, 1.82) is 0 Å². The zero-order chi connectivity index (χ0) is 19.1. The number of esters is 4. The molecule has 25 heavy (non-hydrogen) atoms. The van der Waals surface area contributed by atoms with Gasteiger partial charge in [-0.3, -0.25) is 19.2 Å². The van der Waals surface area contributed by atoms with E-state index in [1.54, 1.807) is 0 Å². The van der Waals surface area contributed by atoms with E-state index in [1.807, 2.05) is 0 Å². The Morgan fingerprint density at radius 3 is 1.80 bits per heavy atom. The van der Waals surface area contributed by atoms with Crippen molar-refractivity contribution in [3.8, 4) is 0 Å². The van der Waals surface area contributed by atoms with Crippen LogP contribution in [-0.2, 0) is 42.9 Å². The van der Waals surface area contributed by atoms with Gasteiger partial charge in [0.25, 0.3) is 0 Å². The van der Waals surface area contributed by atoms with Gasteiger partial charge in [-0.15, -0.1) is 0 Å². The standard InChI is InChI=1S/C15H21BrO9/c1-7(17)21-5-11-6-22-15(16)14(25-10(4)20)13(24-9(3)19)12(11)23-8(2)18/h11-15H,5-6H2,1-4H3. The largest absolute Gasteiger partial charge is 0.465 e. The third-order valence-corrected chi connectivity index (χ3v) is 4.03. The normalized spacial score (nSPS) is 29.1. The summed E-state index contributed by atoms with van der Waals surface area (Å²) in [6.07, 6.45) is -3.24. The minimum absolute atomic E-state index is 0.0106. The van der Waals surface area contributed by atoms with Crippen molar-refractivity contribution in [2.45, 2.75) is 51.0 Å². The minimum atomic E-state index is -1.14. The highest BCUT2D eigenvalue weighted by Gasteiger charge is 2.48. The summed E-state index contributed by atoms with van der Waals surface area (Å²) < 4.78 is 26.3. The predicted molar refractivity (Wildman–Crippen MR) is 85.5 cm³/mol. The lowest BCUT2D eigenvalue weighted by atomic mass is 9.96. The van der Waals surface area contributed by atoms with E-state index in [1.165, 1.54) is 27.7 Å². The van der Waals surface area contributed by atoms with E-state index in [4.69, 9.17) is 23.7 Å². The molecule has 0 N–H and O–H groups in total. The molecule has 5 unspecified atom stereocenters. The quantitative estimate of drug-likeness (QED) is 0.357. The van der Waals surface area contributed by atoms with Gasteiger partial charge in [-0.25, -0.2) is 0 Å². The summed E-state index contributed by atoms with van der Waals surface area (Å²) in [4.78, 5) is 45.6. The van der Waals surface area contributed by atoms with Crippen molar-refractivity contribution in [3.63, 3.8) is 0 Å². The Bertz CT molecular complexity index is 521. The lowest BCUT2D eigenvalue weighted by Gasteiger charge is -2.33. The Hall–Kier alpha value is -1.68. The van der Waals surface area contributed by atoms with Crippen molar-refractivity contribution in [1.82, 2.24) is 0 Å². The van der Waals surface area contributed by atoms with Crippen LogP contribution in [0, 0.1) is 5.92 Å². The second kappa shape index (κ2) is 9.71. The Morgan fingerprint density at radius 2 is 1.32 bits per heavy atom. The highest BCUT2D eigenvalue weighted by atomic mass is 79.9. The smallest absolute Gasteiger partial charge is 0.303 e. The molecule has 5 atom stereocenters. The number of ether oxygens (including phenoxy) is 5. The zero-order valence-corrected chi connectivity index (χ0v) is 15.9. The van der Waals surface area contributed by atoms with Crippen LogP contribution in [0.3, 0.4) is 0 Å². The molecule has 0 saturated carbocycles. The summed E-state index contributed by atoms with van der Waals surface area (Å²) in [5.41, 5.74) is 0. The lowest BCUT2D eigenvalue weighted by molar-refractivity contribution is -0.187. The molecule has 1 aliphatic rings. The Labute approximate surface area is 153 Å². The molecule has 142 valence electrons. The highest BCUT2D eigenvalue weighted by Crippen LogP contribution is 2.30. The predicted octanol–water partition coefficient (Wildman–Crippen LogP) is 0.712. The van der Waals surface area contributed by atoms with Crippen molar-refractivity contribution >= 4 is 39.8 Å². The van der Waals surface area contributed by atoms with Gasteiger partial charge in [0.15, 0.2) is 23.3 Å². The van der Waals surface area contributed by atoms with E-state index in [2.05, 4.69) is 15.9 Å². The molecular weight excluding hydrogens is 404 g/mol. The number of alkyl halides is 1. The molecule has 1 saturated heterocycles. The summed E-state index contributed by atoms with van der Waals surface area (Å²) in [6.45, 7) is 4.66. The lowest BCUT2D eigenvalue weighted by Crippen LogP contribution is -2.50. The number of carbonyl (C=O) groups excluding carboxylic acids is 4. The summed E-state index contributed by atoms with van der Waals surface area (Å²) in [5, 5.41) is -0.818. The molecule has 0 aliphatic carbocycles. The molecule has 0 spiro atoms. The van der Waals surface area contributed by atoms with E-state index >= 15 is 0 Å². The maximum atomic E-state index is 11.5. The van der Waals surface area contributed by atoms with Gasteiger partial charge < -0.3 is 23.7 Å². The fourth-order valence-corrected chi connectivity index (χ4v) is 2.93. The van der Waals surface area contributed by atoms with E-state index in [0.717, 1.165) is 0 Å². The van der Waals surface area contributed by atoms with Crippen molar-refractivity contribution in [3.05, 3.63) is 0 Å². The fraction of sp³-hybridized carbons (Fsp3) is 0.733. The first-order valence-corrected chi connectivity index (χ1v) is 8.44. The molecule has 0 aromatic carbocycles. The molecule has 1 rings (SSSR count). The van der Waals surface area contributed by atoms with Crippen LogP contribution in [0.1, 0.15) is 27.7 Å². The third-order valence-electron chi connectivity index (χ3n) is 3.25. The van der Waals surface area contributed by atoms with Crippen molar-refractivity contribution in [2.24, 2.45) is 5.92 Å². The molecule has 9 nitrogen and oxygen atoms in total. The molecule has 10 heteroatoms. The second-order valence-electron chi connectivity index (χ2n) is 5.47. The van der Waals surface area contributed by atoms with Crippen LogP contribution in [0.4, 0.5) is 0 Å². The van der Waals surface area contributed by atoms with Crippen LogP contribution in [0.25, 0.3) is 0 Å². The Balaban J connectivity index is 3.20. The first-order valence-electron chi connectivity index (χ1n) is 7.52. The molecule has 1 aliphatic heterocycles. The minimum Gasteiger partial charge on any atom is -0.465 e. The molecule has 1 fully saturated rings. The van der Waals surface area contributed by atoms with Gasteiger partial charge >= 0.3 is 23.9 Å². The molecule has 1 heterocycles. The van der Waals surface area contributed by atoms with Crippen LogP contribution in [0.2, 0.25) is 0 Å². The number of carbonyl (C=O) groups is 4. The molecule has 0 aromatic rings. The number of hydrogen-bond donors (Lipinski definition) is 0. The first kappa shape index (κ1) is 21.4. The van der Waals surface area contributed by atoms with Gasteiger partial charge in [0.05, 0.1) is 19.1 Å². The molecule has 0 aromatic heterocycles. The number of hydrogen-bond acceptors (Lipinski definition) is 9. The van der Waals surface area contributed by atoms with E-state index in [9.17, 15) is 19.2 Å². The second-order valence-corrected chi connectivity index (χ2v) is 6.37. The van der Waals surface area contributed by atoms with Crippen LogP contribution in [0.5, 0.6) is 0 Å². The average Bonchev–Trinajstić information content (AvgIpc) is 2.57. The third kappa shape index (κ3) is 6.99. The van der Waals surface area contributed by atoms with Crippen LogP contribution >= 0.6 is 15.9 Å². The zero-order valence-electron chi connectivity index (χ0n) is 14.4. The number of halogens is 1. The maximum absolute atomic E-state index is 11.5. The van der Waals surface area contributed by atoms with Gasteiger partial charge in [-0.2, -0.15) is 0 Å². The summed E-state index contributed by atoms with van der Waals surface area (Å²) in [6, 6.07) is 0. The van der Waals surface area contributed by atoms with Gasteiger partial charge in [-0.1, -0.05) is 15.9 Å². The Kier molecular flexibility index (Phi) is 8.30. The van der Waals surface area contributed by atoms with Gasteiger partial charge in [0.1, 0.15) is 0 Å². The highest BCUT2D eigenvalue weighted by molar-refractivity contribution is 9.09. The number of rotatable bonds is 5. The monoisotopic (exact) mass is 424 g/mol. The van der Waals surface area contributed by atoms with Crippen LogP contribution < -0.4 is 0 Å². The summed E-state index contributed by atoms with van der Waals surface area (Å²) in [5.74, 6) is -3.08. The maximum Gasteiger partial charge on any atom is 0.303 e. The van der Waals surface area contributed by atoms with E-state index in [0.29, 0.717) is 0 Å². The first-order chi connectivity index (χ1) is 11.6. The topological polar surface area (TPSA) is 114 Å². The fourth-order valence-electron chi connectivity index (χ4n) is 2.37. The van der Waals surface area contributed by atoms with Crippen molar-refractivity contribution < 1.29 is 42.9 Å². The summed E-state index contributed by atoms with van der Waals surface area (Å²) >= 11 is 3.23. The summed E-state index contributed by atoms with van der Waals surface area (Å²) in [7, 11) is 0. The van der Waals surface area contributed by atoms with Gasteiger partial charge in [0, 0.05) is 27.7 Å². The van der Waals surface area contributed by atoms with Crippen LogP contribution in [-0.4, -0.2) is 60.4 Å². The van der Waals surface area contributed by atoms with Gasteiger partial charge in [0.2, 0.25) is 0 Å². The average molecular weight is 425 g/mol. The molecule has 0 amide bonds. The van der Waals surface area contributed by atoms with E-state index in [-0.39, 0.29) is 13.2 Å². The molecular formula is C15H21BrO9. The Morgan fingerprint density at radius 1 is 0.840 bits per heavy atom.